The van der Waals surface area contributed by atoms with Gasteiger partial charge in [-0.15, -0.1) is 0 Å². The summed E-state index contributed by atoms with van der Waals surface area (Å²) in [7, 11) is 0. The molecule has 0 radical (unpaired) electrons. The number of rotatable bonds is 2. The Bertz CT molecular complexity index is 516. The van der Waals surface area contributed by atoms with E-state index < -0.39 is 0 Å². The van der Waals surface area contributed by atoms with E-state index in [1.54, 1.807) is 0 Å². The first-order valence-corrected chi connectivity index (χ1v) is 7.56. The van der Waals surface area contributed by atoms with E-state index in [2.05, 4.69) is 12.1 Å². The van der Waals surface area contributed by atoms with Crippen molar-refractivity contribution in [3.63, 3.8) is 0 Å². The number of carbonyl (C=O) groups excluding carboxylic acids is 1. The Morgan fingerprint density at radius 3 is 2.80 bits per heavy atom. The Labute approximate surface area is 119 Å². The highest BCUT2D eigenvalue weighted by Crippen LogP contribution is 2.54. The van der Waals surface area contributed by atoms with Crippen molar-refractivity contribution >= 4 is 5.78 Å². The molecule has 1 aromatic heterocycles. The third-order valence-electron chi connectivity index (χ3n) is 5.77. The van der Waals surface area contributed by atoms with Gasteiger partial charge in [-0.2, -0.15) is 0 Å². The largest absolute Gasteiger partial charge is 0.393 e. The van der Waals surface area contributed by atoms with Crippen LogP contribution in [0, 0.1) is 31.1 Å². The van der Waals surface area contributed by atoms with Crippen LogP contribution in [-0.4, -0.2) is 22.2 Å². The highest BCUT2D eigenvalue weighted by Gasteiger charge is 2.53. The molecule has 0 aliphatic heterocycles. The first kappa shape index (κ1) is 13.8. The molecule has 4 nitrogen and oxygen atoms in total. The molecule has 4 atom stereocenters. The number of Topliss-reactive ketones (excluding diaryl/α,β-unsaturated/α-hetero) is 1. The molecular formula is C16H23NO3. The maximum absolute atomic E-state index is 12.4. The van der Waals surface area contributed by atoms with E-state index in [4.69, 9.17) is 4.52 Å². The monoisotopic (exact) mass is 277 g/mol. The Kier molecular flexibility index (Phi) is 3.24. The van der Waals surface area contributed by atoms with Crippen molar-refractivity contribution < 1.29 is 14.4 Å². The Balaban J connectivity index is 1.89. The molecule has 2 aliphatic rings. The Morgan fingerprint density at radius 2 is 2.15 bits per heavy atom. The molecule has 1 heterocycles. The van der Waals surface area contributed by atoms with E-state index in [0.29, 0.717) is 24.5 Å². The highest BCUT2D eigenvalue weighted by molar-refractivity contribution is 5.83. The van der Waals surface area contributed by atoms with E-state index in [-0.39, 0.29) is 17.4 Å². The number of aliphatic hydroxyl groups excluding tert-OH is 1. The standard InChI is InChI=1S/C16H23NO3/c1-9-11(10(2)20-17-9)8-12-13-4-5-15(19)16(13,3)7-6-14(12)18/h12-13,15,19H,4-8H2,1-3H3/t12-,13+,15-,16-/m0/s1. The minimum Gasteiger partial charge on any atom is -0.393 e. The molecule has 110 valence electrons. The third-order valence-corrected chi connectivity index (χ3v) is 5.77. The molecule has 0 aromatic carbocycles. The van der Waals surface area contributed by atoms with Crippen molar-refractivity contribution in [1.82, 2.24) is 5.16 Å². The van der Waals surface area contributed by atoms with Gasteiger partial charge in [0.1, 0.15) is 11.5 Å². The second-order valence-corrected chi connectivity index (χ2v) is 6.79. The molecule has 1 N–H and O–H groups in total. The zero-order chi connectivity index (χ0) is 14.5. The zero-order valence-electron chi connectivity index (χ0n) is 12.5. The highest BCUT2D eigenvalue weighted by atomic mass is 16.5. The maximum Gasteiger partial charge on any atom is 0.137 e. The number of aryl methyl sites for hydroxylation is 2. The molecule has 20 heavy (non-hydrogen) atoms. The van der Waals surface area contributed by atoms with Gasteiger partial charge in [-0.05, 0) is 50.9 Å². The van der Waals surface area contributed by atoms with Gasteiger partial charge in [0.15, 0.2) is 0 Å². The quantitative estimate of drug-likeness (QED) is 0.902. The minimum absolute atomic E-state index is 0.0164. The summed E-state index contributed by atoms with van der Waals surface area (Å²) >= 11 is 0. The Morgan fingerprint density at radius 1 is 1.40 bits per heavy atom. The molecule has 2 saturated carbocycles. The van der Waals surface area contributed by atoms with Crippen molar-refractivity contribution in [2.24, 2.45) is 17.3 Å². The summed E-state index contributed by atoms with van der Waals surface area (Å²) in [5, 5.41) is 14.3. The van der Waals surface area contributed by atoms with Crippen molar-refractivity contribution in [2.45, 2.75) is 59.0 Å². The van der Waals surface area contributed by atoms with E-state index >= 15 is 0 Å². The van der Waals surface area contributed by atoms with Crippen LogP contribution in [0.25, 0.3) is 0 Å². The van der Waals surface area contributed by atoms with Crippen LogP contribution in [0.2, 0.25) is 0 Å². The van der Waals surface area contributed by atoms with Crippen molar-refractivity contribution in [3.05, 3.63) is 17.0 Å². The van der Waals surface area contributed by atoms with Gasteiger partial charge in [0.25, 0.3) is 0 Å². The fourth-order valence-corrected chi connectivity index (χ4v) is 4.33. The lowest BCUT2D eigenvalue weighted by atomic mass is 9.62. The molecule has 1 aromatic rings. The van der Waals surface area contributed by atoms with Gasteiger partial charge in [-0.25, -0.2) is 0 Å². The van der Waals surface area contributed by atoms with Gasteiger partial charge in [0.05, 0.1) is 11.8 Å². The van der Waals surface area contributed by atoms with Crippen molar-refractivity contribution in [2.75, 3.05) is 0 Å². The first-order valence-electron chi connectivity index (χ1n) is 7.56. The number of hydrogen-bond acceptors (Lipinski definition) is 4. The summed E-state index contributed by atoms with van der Waals surface area (Å²) in [6.07, 6.45) is 3.66. The van der Waals surface area contributed by atoms with Crippen LogP contribution < -0.4 is 0 Å². The topological polar surface area (TPSA) is 63.3 Å². The molecule has 2 fully saturated rings. The summed E-state index contributed by atoms with van der Waals surface area (Å²) in [5.41, 5.74) is 1.88. The van der Waals surface area contributed by atoms with Crippen LogP contribution in [0.5, 0.6) is 0 Å². The second-order valence-electron chi connectivity index (χ2n) is 6.79. The predicted octanol–water partition coefficient (Wildman–Crippen LogP) is 2.59. The first-order chi connectivity index (χ1) is 9.43. The average molecular weight is 277 g/mol. The summed E-state index contributed by atoms with van der Waals surface area (Å²) < 4.78 is 5.22. The summed E-state index contributed by atoms with van der Waals surface area (Å²) in [5.74, 6) is 1.48. The molecule has 0 unspecified atom stereocenters. The van der Waals surface area contributed by atoms with E-state index in [9.17, 15) is 9.90 Å². The smallest absolute Gasteiger partial charge is 0.137 e. The zero-order valence-corrected chi connectivity index (χ0v) is 12.5. The molecule has 0 bridgehead atoms. The molecule has 0 spiro atoms. The lowest BCUT2D eigenvalue weighted by Crippen LogP contribution is -2.44. The number of aliphatic hydroxyl groups is 1. The van der Waals surface area contributed by atoms with E-state index in [1.807, 2.05) is 13.8 Å². The molecule has 4 heteroatoms. The van der Waals surface area contributed by atoms with Gasteiger partial charge in [-0.1, -0.05) is 12.1 Å². The Hall–Kier alpha value is -1.16. The van der Waals surface area contributed by atoms with Crippen LogP contribution in [0.1, 0.15) is 49.6 Å². The fourth-order valence-electron chi connectivity index (χ4n) is 4.33. The lowest BCUT2D eigenvalue weighted by molar-refractivity contribution is -0.132. The van der Waals surface area contributed by atoms with Gasteiger partial charge in [-0.3, -0.25) is 4.79 Å². The number of fused-ring (bicyclic) bond motifs is 1. The van der Waals surface area contributed by atoms with Gasteiger partial charge >= 0.3 is 0 Å². The van der Waals surface area contributed by atoms with Gasteiger partial charge in [0.2, 0.25) is 0 Å². The average Bonchev–Trinajstić information content (AvgIpc) is 2.88. The van der Waals surface area contributed by atoms with Crippen molar-refractivity contribution in [1.29, 1.82) is 0 Å². The number of carbonyl (C=O) groups is 1. The molecule has 0 amide bonds. The molecule has 2 aliphatic carbocycles. The number of hydrogen-bond donors (Lipinski definition) is 1. The van der Waals surface area contributed by atoms with E-state index in [1.165, 1.54) is 0 Å². The van der Waals surface area contributed by atoms with Gasteiger partial charge in [0, 0.05) is 17.9 Å². The van der Waals surface area contributed by atoms with Crippen LogP contribution in [0.3, 0.4) is 0 Å². The second kappa shape index (κ2) is 4.69. The fraction of sp³-hybridized carbons (Fsp3) is 0.750. The minimum atomic E-state index is -0.257. The molecule has 0 saturated heterocycles. The summed E-state index contributed by atoms with van der Waals surface area (Å²) in [6, 6.07) is 0. The van der Waals surface area contributed by atoms with Crippen LogP contribution >= 0.6 is 0 Å². The van der Waals surface area contributed by atoms with Crippen LogP contribution in [0.15, 0.2) is 4.52 Å². The predicted molar refractivity (Wildman–Crippen MR) is 74.2 cm³/mol. The van der Waals surface area contributed by atoms with Crippen molar-refractivity contribution in [3.8, 4) is 0 Å². The molecule has 3 rings (SSSR count). The van der Waals surface area contributed by atoms with Crippen LogP contribution in [-0.2, 0) is 11.2 Å². The SMILES string of the molecule is Cc1noc(C)c1C[C@@H]1C(=O)CC[C@@]2(C)[C@@H]1CC[C@@H]2O. The number of aromatic nitrogens is 1. The third kappa shape index (κ3) is 1.93. The van der Waals surface area contributed by atoms with E-state index in [0.717, 1.165) is 36.3 Å². The summed E-state index contributed by atoms with van der Waals surface area (Å²) in [4.78, 5) is 12.4. The van der Waals surface area contributed by atoms with Crippen LogP contribution in [0.4, 0.5) is 0 Å². The normalized spacial score (nSPS) is 37.2. The van der Waals surface area contributed by atoms with Gasteiger partial charge < -0.3 is 9.63 Å². The molecular weight excluding hydrogens is 254 g/mol. The summed E-state index contributed by atoms with van der Waals surface area (Å²) in [6.45, 7) is 6.00. The number of nitrogens with zero attached hydrogens (tertiary/aromatic N) is 1. The number of ketones is 1. The maximum atomic E-state index is 12.4. The lowest BCUT2D eigenvalue weighted by Gasteiger charge is -2.42.